The van der Waals surface area contributed by atoms with Crippen molar-refractivity contribution in [1.82, 2.24) is 5.32 Å². The molecule has 0 aliphatic carbocycles. The van der Waals surface area contributed by atoms with Crippen molar-refractivity contribution in [3.8, 4) is 0 Å². The van der Waals surface area contributed by atoms with Crippen LogP contribution in [0.4, 0.5) is 0 Å². The van der Waals surface area contributed by atoms with Crippen LogP contribution in [-0.2, 0) is 4.79 Å². The average molecular weight is 1120 g/mol. The number of aliphatic hydroxyl groups excluding tert-OH is 2. The first-order chi connectivity index (χ1) is 40.2. The highest BCUT2D eigenvalue weighted by molar-refractivity contribution is 5.76. The summed E-state index contributed by atoms with van der Waals surface area (Å²) in [7, 11) is 0. The van der Waals surface area contributed by atoms with Crippen molar-refractivity contribution in [3.63, 3.8) is 0 Å². The number of carbonyl (C=O) groups is 1. The maximum atomic E-state index is 12.6. The van der Waals surface area contributed by atoms with Crippen LogP contribution >= 0.6 is 0 Å². The first kappa shape index (κ1) is 78.0. The lowest BCUT2D eigenvalue weighted by Crippen LogP contribution is -2.45. The van der Waals surface area contributed by atoms with Crippen LogP contribution in [0.15, 0.2) is 109 Å². The minimum atomic E-state index is -0.847. The van der Waals surface area contributed by atoms with Crippen molar-refractivity contribution in [2.24, 2.45) is 0 Å². The minimum absolute atomic E-state index is 0.0635. The van der Waals surface area contributed by atoms with E-state index in [1.165, 1.54) is 257 Å². The Kier molecular flexibility index (Phi) is 68.7. The van der Waals surface area contributed by atoms with E-state index in [9.17, 15) is 15.0 Å². The third-order valence-electron chi connectivity index (χ3n) is 16.0. The summed E-state index contributed by atoms with van der Waals surface area (Å²) in [4.78, 5) is 12.6. The molecule has 0 aromatic heterocycles. The van der Waals surface area contributed by atoms with Gasteiger partial charge in [0.1, 0.15) is 0 Å². The van der Waals surface area contributed by atoms with Gasteiger partial charge in [0.15, 0.2) is 0 Å². The second-order valence-corrected chi connectivity index (χ2v) is 23.9. The van der Waals surface area contributed by atoms with Crippen molar-refractivity contribution in [1.29, 1.82) is 0 Å². The Balaban J connectivity index is 3.50. The van der Waals surface area contributed by atoms with Gasteiger partial charge in [-0.1, -0.05) is 374 Å². The molecule has 0 radical (unpaired) electrons. The van der Waals surface area contributed by atoms with Crippen molar-refractivity contribution in [2.75, 3.05) is 6.61 Å². The fraction of sp³-hybridized carbons (Fsp3) is 0.753. The number of hydrogen-bond acceptors (Lipinski definition) is 3. The smallest absolute Gasteiger partial charge is 0.220 e. The molecule has 468 valence electrons. The predicted octanol–water partition coefficient (Wildman–Crippen LogP) is 24.5. The Morgan fingerprint density at radius 2 is 0.543 bits per heavy atom. The summed E-state index contributed by atoms with van der Waals surface area (Å²) in [5.74, 6) is -0.0635. The van der Waals surface area contributed by atoms with Gasteiger partial charge in [0.25, 0.3) is 0 Å². The lowest BCUT2D eigenvalue weighted by Gasteiger charge is -2.20. The van der Waals surface area contributed by atoms with Crippen LogP contribution < -0.4 is 5.32 Å². The highest BCUT2D eigenvalue weighted by atomic mass is 16.3. The van der Waals surface area contributed by atoms with Crippen LogP contribution in [0.5, 0.6) is 0 Å². The first-order valence-corrected chi connectivity index (χ1v) is 35.6. The first-order valence-electron chi connectivity index (χ1n) is 35.6. The largest absolute Gasteiger partial charge is 0.394 e. The monoisotopic (exact) mass is 1120 g/mol. The van der Waals surface area contributed by atoms with E-state index in [0.717, 1.165) is 77.0 Å². The van der Waals surface area contributed by atoms with Gasteiger partial charge < -0.3 is 15.5 Å². The standard InChI is InChI=1S/C77H137NO3/c1-3-5-7-9-11-13-15-17-19-21-23-25-27-29-31-33-35-36-37-38-39-40-41-42-43-45-47-49-51-53-55-57-59-61-63-65-67-69-71-73-77(81)78-75(74-79)76(80)72-70-68-66-64-62-60-58-56-54-52-50-48-46-44-34-32-30-28-26-24-22-20-18-16-14-12-10-8-6-4-2/h5,7,11,13,17,19,23,25,29,31,35-36,38-39,41-42,70,72,75-76,79-80H,3-4,6,8-10,12,14-16,18,20-22,24,26-28,30,32-34,37,40,43-69,71,73-74H2,1-2H3,(H,78,81)/b7-5-,13-11-,19-17-,25-23-,31-29-,36-35-,39-38-,42-41-,72-70+. The molecule has 0 saturated carbocycles. The van der Waals surface area contributed by atoms with Crippen LogP contribution in [0.1, 0.15) is 354 Å². The van der Waals surface area contributed by atoms with Gasteiger partial charge in [-0.25, -0.2) is 0 Å². The van der Waals surface area contributed by atoms with Gasteiger partial charge in [-0.3, -0.25) is 4.79 Å². The second-order valence-electron chi connectivity index (χ2n) is 23.9. The van der Waals surface area contributed by atoms with Crippen molar-refractivity contribution >= 4 is 5.91 Å². The van der Waals surface area contributed by atoms with E-state index in [1.54, 1.807) is 6.08 Å². The van der Waals surface area contributed by atoms with Crippen LogP contribution in [0, 0.1) is 0 Å². The Morgan fingerprint density at radius 3 is 0.815 bits per heavy atom. The van der Waals surface area contributed by atoms with Crippen molar-refractivity contribution in [3.05, 3.63) is 109 Å². The zero-order valence-corrected chi connectivity index (χ0v) is 54.0. The molecule has 0 spiro atoms. The maximum absolute atomic E-state index is 12.6. The SMILES string of the molecule is CC/C=C\C/C=C\C/C=C\C/C=C\C/C=C\C/C=C\C/C=C\C/C=C\CCCCCCCCCCCCCCCCC(=O)NC(CO)C(O)/C=C/CCCCCCCCCCCCCCCCCCCCCCCCCCCCCC. The fourth-order valence-electron chi connectivity index (χ4n) is 10.7. The van der Waals surface area contributed by atoms with Crippen LogP contribution in [0.3, 0.4) is 0 Å². The molecule has 2 unspecified atom stereocenters. The molecule has 0 saturated heterocycles. The lowest BCUT2D eigenvalue weighted by molar-refractivity contribution is -0.123. The summed E-state index contributed by atoms with van der Waals surface area (Å²) >= 11 is 0. The molecular formula is C77H137NO3. The predicted molar refractivity (Wildman–Crippen MR) is 363 cm³/mol. The Bertz CT molecular complexity index is 1510. The van der Waals surface area contributed by atoms with Gasteiger partial charge in [-0.2, -0.15) is 0 Å². The number of hydrogen-bond donors (Lipinski definition) is 3. The Hall–Kier alpha value is -2.95. The molecule has 81 heavy (non-hydrogen) atoms. The third-order valence-corrected chi connectivity index (χ3v) is 16.0. The number of rotatable bonds is 65. The molecule has 4 nitrogen and oxygen atoms in total. The summed E-state index contributed by atoms with van der Waals surface area (Å²) < 4.78 is 0. The summed E-state index contributed by atoms with van der Waals surface area (Å²) in [6.07, 6.45) is 107. The van der Waals surface area contributed by atoms with E-state index in [-0.39, 0.29) is 12.5 Å². The van der Waals surface area contributed by atoms with E-state index < -0.39 is 12.1 Å². The second kappa shape index (κ2) is 71.3. The topological polar surface area (TPSA) is 69.6 Å². The molecule has 0 aliphatic rings. The van der Waals surface area contributed by atoms with Crippen molar-refractivity contribution < 1.29 is 15.0 Å². The Labute approximate surface area is 506 Å². The summed E-state index contributed by atoms with van der Waals surface area (Å²) in [6, 6.07) is -0.630. The van der Waals surface area contributed by atoms with Gasteiger partial charge in [-0.15, -0.1) is 0 Å². The quantitative estimate of drug-likeness (QED) is 0.0420. The Morgan fingerprint density at radius 1 is 0.309 bits per heavy atom. The molecule has 0 bridgehead atoms. The van der Waals surface area contributed by atoms with Crippen molar-refractivity contribution in [2.45, 2.75) is 366 Å². The number of carbonyl (C=O) groups excluding carboxylic acids is 1. The summed E-state index contributed by atoms with van der Waals surface area (Å²) in [5, 5.41) is 23.3. The van der Waals surface area contributed by atoms with Gasteiger partial charge in [0.05, 0.1) is 18.8 Å². The molecular weight excluding hydrogens is 987 g/mol. The molecule has 0 aromatic carbocycles. The molecule has 0 heterocycles. The number of unbranched alkanes of at least 4 members (excludes halogenated alkanes) is 42. The number of nitrogens with one attached hydrogen (secondary N) is 1. The zero-order chi connectivity index (χ0) is 58.4. The third kappa shape index (κ3) is 67.7. The molecule has 0 fully saturated rings. The van der Waals surface area contributed by atoms with E-state index in [2.05, 4.69) is 116 Å². The molecule has 1 amide bonds. The molecule has 3 N–H and O–H groups in total. The number of amides is 1. The van der Waals surface area contributed by atoms with Gasteiger partial charge in [0, 0.05) is 6.42 Å². The van der Waals surface area contributed by atoms with Gasteiger partial charge >= 0.3 is 0 Å². The maximum Gasteiger partial charge on any atom is 0.220 e. The molecule has 4 heteroatoms. The number of aliphatic hydroxyl groups is 2. The molecule has 0 aromatic rings. The van der Waals surface area contributed by atoms with Crippen LogP contribution in [0.2, 0.25) is 0 Å². The van der Waals surface area contributed by atoms with E-state index in [0.29, 0.717) is 6.42 Å². The summed E-state index contributed by atoms with van der Waals surface area (Å²) in [6.45, 7) is 4.22. The molecule has 2 atom stereocenters. The summed E-state index contributed by atoms with van der Waals surface area (Å²) in [5.41, 5.74) is 0. The molecule has 0 rings (SSSR count). The lowest BCUT2D eigenvalue weighted by atomic mass is 10.0. The number of allylic oxidation sites excluding steroid dienone is 17. The average Bonchev–Trinajstić information content (AvgIpc) is 3.47. The normalized spacial score (nSPS) is 13.4. The minimum Gasteiger partial charge on any atom is -0.394 e. The fourth-order valence-corrected chi connectivity index (χ4v) is 10.7. The van der Waals surface area contributed by atoms with E-state index >= 15 is 0 Å². The highest BCUT2D eigenvalue weighted by Gasteiger charge is 2.18. The van der Waals surface area contributed by atoms with E-state index in [4.69, 9.17) is 0 Å². The molecule has 0 aliphatic heterocycles. The zero-order valence-electron chi connectivity index (χ0n) is 54.0. The van der Waals surface area contributed by atoms with Crippen LogP contribution in [0.25, 0.3) is 0 Å². The van der Waals surface area contributed by atoms with Gasteiger partial charge in [0.2, 0.25) is 5.91 Å². The highest BCUT2D eigenvalue weighted by Crippen LogP contribution is 2.18. The van der Waals surface area contributed by atoms with E-state index in [1.807, 2.05) is 6.08 Å². The van der Waals surface area contributed by atoms with Crippen LogP contribution in [-0.4, -0.2) is 34.9 Å². The van der Waals surface area contributed by atoms with Gasteiger partial charge in [-0.05, 0) is 83.5 Å².